The van der Waals surface area contributed by atoms with Crippen LogP contribution in [-0.2, 0) is 9.53 Å². The molecule has 0 amide bonds. The number of carbonyl (C=O) groups is 1. The molecule has 88 valence electrons. The molecule has 0 fully saturated rings. The summed E-state index contributed by atoms with van der Waals surface area (Å²) in [7, 11) is 0. The molecule has 0 aromatic carbocycles. The quantitative estimate of drug-likeness (QED) is 0.272. The van der Waals surface area contributed by atoms with Gasteiger partial charge in [0.1, 0.15) is 0 Å². The minimum Gasteiger partial charge on any atom is -0.463 e. The molecular formula is C11H22N2O2. The molecule has 15 heavy (non-hydrogen) atoms. The predicted molar refractivity (Wildman–Crippen MR) is 61.3 cm³/mol. The summed E-state index contributed by atoms with van der Waals surface area (Å²) in [5, 5.41) is 2.15. The number of unbranched alkanes of at least 4 members (excludes halogenated alkanes) is 1. The number of hydrazine groups is 1. The molecule has 0 radical (unpaired) electrons. The summed E-state index contributed by atoms with van der Waals surface area (Å²) >= 11 is 0. The smallest absolute Gasteiger partial charge is 0.330 e. The first-order valence-electron chi connectivity index (χ1n) is 5.52. The second kappa shape index (κ2) is 9.68. The van der Waals surface area contributed by atoms with E-state index in [4.69, 9.17) is 4.74 Å². The number of carbonyl (C=O) groups excluding carboxylic acids is 1. The molecule has 0 atom stereocenters. The molecule has 1 N–H and O–H groups in total. The van der Waals surface area contributed by atoms with E-state index in [9.17, 15) is 4.79 Å². The summed E-state index contributed by atoms with van der Waals surface area (Å²) < 4.78 is 4.85. The average Bonchev–Trinajstić information content (AvgIpc) is 2.28. The van der Waals surface area contributed by atoms with Gasteiger partial charge in [-0.2, -0.15) is 0 Å². The highest BCUT2D eigenvalue weighted by molar-refractivity contribution is 5.81. The van der Waals surface area contributed by atoms with E-state index in [1.165, 1.54) is 6.08 Å². The van der Waals surface area contributed by atoms with Gasteiger partial charge >= 0.3 is 5.97 Å². The van der Waals surface area contributed by atoms with Crippen LogP contribution < -0.4 is 5.43 Å². The molecule has 0 saturated carbocycles. The molecule has 0 aromatic heterocycles. The van der Waals surface area contributed by atoms with E-state index in [2.05, 4.69) is 30.9 Å². The number of nitrogens with one attached hydrogen (secondary N) is 1. The van der Waals surface area contributed by atoms with Gasteiger partial charge in [0, 0.05) is 25.7 Å². The lowest BCUT2D eigenvalue weighted by Gasteiger charge is -2.19. The third kappa shape index (κ3) is 8.15. The van der Waals surface area contributed by atoms with Crippen molar-refractivity contribution >= 4 is 5.97 Å². The Morgan fingerprint density at radius 2 is 2.07 bits per heavy atom. The van der Waals surface area contributed by atoms with E-state index < -0.39 is 0 Å². The van der Waals surface area contributed by atoms with Gasteiger partial charge in [-0.15, -0.1) is 0 Å². The van der Waals surface area contributed by atoms with Crippen molar-refractivity contribution in [2.75, 3.05) is 26.2 Å². The summed E-state index contributed by atoms with van der Waals surface area (Å²) in [6, 6.07) is 0. The van der Waals surface area contributed by atoms with E-state index in [1.807, 2.05) is 0 Å². The third-order valence-corrected chi connectivity index (χ3v) is 2.08. The Morgan fingerprint density at radius 3 is 2.60 bits per heavy atom. The highest BCUT2D eigenvalue weighted by Crippen LogP contribution is 1.91. The van der Waals surface area contributed by atoms with Crippen molar-refractivity contribution in [2.24, 2.45) is 0 Å². The Morgan fingerprint density at radius 1 is 1.40 bits per heavy atom. The lowest BCUT2D eigenvalue weighted by Crippen LogP contribution is -2.38. The highest BCUT2D eigenvalue weighted by atomic mass is 16.5. The Bertz CT molecular complexity index is 179. The molecule has 0 aliphatic rings. The monoisotopic (exact) mass is 214 g/mol. The number of rotatable bonds is 9. The first-order chi connectivity index (χ1) is 7.24. The summed E-state index contributed by atoms with van der Waals surface area (Å²) in [4.78, 5) is 10.7. The van der Waals surface area contributed by atoms with E-state index in [0.29, 0.717) is 6.61 Å². The lowest BCUT2D eigenvalue weighted by molar-refractivity contribution is -0.137. The zero-order valence-corrected chi connectivity index (χ0v) is 9.79. The lowest BCUT2D eigenvalue weighted by atomic mass is 10.3. The fourth-order valence-electron chi connectivity index (χ4n) is 1.14. The van der Waals surface area contributed by atoms with E-state index >= 15 is 0 Å². The molecule has 4 nitrogen and oxygen atoms in total. The molecular weight excluding hydrogens is 192 g/mol. The van der Waals surface area contributed by atoms with Crippen LogP contribution in [0.2, 0.25) is 0 Å². The standard InChI is InChI=1S/C11H22N2O2/c1-4-11(14)15-10-8-7-9-12-13(5-2)6-3/h4,12H,1,5-10H2,2-3H3. The van der Waals surface area contributed by atoms with Gasteiger partial charge in [-0.05, 0) is 12.8 Å². The van der Waals surface area contributed by atoms with Crippen LogP contribution in [0, 0.1) is 0 Å². The number of hydrogen-bond donors (Lipinski definition) is 1. The molecule has 0 saturated heterocycles. The number of esters is 1. The Labute approximate surface area is 92.3 Å². The molecule has 0 aromatic rings. The summed E-state index contributed by atoms with van der Waals surface area (Å²) in [5.74, 6) is -0.341. The van der Waals surface area contributed by atoms with Gasteiger partial charge in [0.15, 0.2) is 0 Å². The maximum absolute atomic E-state index is 10.7. The van der Waals surface area contributed by atoms with Crippen molar-refractivity contribution in [2.45, 2.75) is 26.7 Å². The Hall–Kier alpha value is -0.870. The van der Waals surface area contributed by atoms with Crippen LogP contribution in [-0.4, -0.2) is 37.2 Å². The van der Waals surface area contributed by atoms with Crippen LogP contribution in [0.5, 0.6) is 0 Å². The van der Waals surface area contributed by atoms with Crippen molar-refractivity contribution < 1.29 is 9.53 Å². The zero-order chi connectivity index (χ0) is 11.5. The fraction of sp³-hybridized carbons (Fsp3) is 0.727. The minimum absolute atomic E-state index is 0.341. The van der Waals surface area contributed by atoms with Crippen molar-refractivity contribution in [1.82, 2.24) is 10.4 Å². The second-order valence-corrected chi connectivity index (χ2v) is 3.16. The third-order valence-electron chi connectivity index (χ3n) is 2.08. The molecule has 0 rings (SSSR count). The Kier molecular flexibility index (Phi) is 9.11. The fourth-order valence-corrected chi connectivity index (χ4v) is 1.14. The van der Waals surface area contributed by atoms with Crippen LogP contribution in [0.15, 0.2) is 12.7 Å². The highest BCUT2D eigenvalue weighted by Gasteiger charge is 1.97. The summed E-state index contributed by atoms with van der Waals surface area (Å²) in [6.45, 7) is 11.0. The topological polar surface area (TPSA) is 41.6 Å². The molecule has 0 bridgehead atoms. The van der Waals surface area contributed by atoms with Crippen LogP contribution in [0.25, 0.3) is 0 Å². The molecule has 0 unspecified atom stereocenters. The first kappa shape index (κ1) is 14.1. The summed E-state index contributed by atoms with van der Waals surface area (Å²) in [5.41, 5.74) is 3.29. The van der Waals surface area contributed by atoms with Crippen molar-refractivity contribution in [3.05, 3.63) is 12.7 Å². The molecule has 0 spiro atoms. The minimum atomic E-state index is -0.341. The SMILES string of the molecule is C=CC(=O)OCCCCNN(CC)CC. The van der Waals surface area contributed by atoms with Gasteiger partial charge in [0.25, 0.3) is 0 Å². The van der Waals surface area contributed by atoms with Gasteiger partial charge < -0.3 is 4.74 Å². The maximum atomic E-state index is 10.7. The van der Waals surface area contributed by atoms with E-state index in [1.54, 1.807) is 0 Å². The van der Waals surface area contributed by atoms with Crippen molar-refractivity contribution in [3.63, 3.8) is 0 Å². The summed E-state index contributed by atoms with van der Waals surface area (Å²) in [6.07, 6.45) is 3.07. The van der Waals surface area contributed by atoms with Crippen molar-refractivity contribution in [3.8, 4) is 0 Å². The molecule has 0 aliphatic heterocycles. The van der Waals surface area contributed by atoms with Crippen LogP contribution in [0.3, 0.4) is 0 Å². The largest absolute Gasteiger partial charge is 0.463 e. The number of ether oxygens (including phenoxy) is 1. The maximum Gasteiger partial charge on any atom is 0.330 e. The predicted octanol–water partition coefficient (Wildman–Crippen LogP) is 1.34. The normalized spacial score (nSPS) is 10.3. The number of nitrogens with zero attached hydrogens (tertiary/aromatic N) is 1. The van der Waals surface area contributed by atoms with E-state index in [-0.39, 0.29) is 5.97 Å². The van der Waals surface area contributed by atoms with Crippen LogP contribution in [0.4, 0.5) is 0 Å². The van der Waals surface area contributed by atoms with Gasteiger partial charge in [0.05, 0.1) is 6.61 Å². The van der Waals surface area contributed by atoms with Gasteiger partial charge in [-0.1, -0.05) is 20.4 Å². The molecule has 0 aliphatic carbocycles. The number of hydrogen-bond acceptors (Lipinski definition) is 4. The Balaban J connectivity index is 3.24. The van der Waals surface area contributed by atoms with Crippen molar-refractivity contribution in [1.29, 1.82) is 0 Å². The van der Waals surface area contributed by atoms with Gasteiger partial charge in [-0.3, -0.25) is 5.43 Å². The van der Waals surface area contributed by atoms with Crippen LogP contribution >= 0.6 is 0 Å². The molecule has 0 heterocycles. The van der Waals surface area contributed by atoms with Crippen LogP contribution in [0.1, 0.15) is 26.7 Å². The van der Waals surface area contributed by atoms with E-state index in [0.717, 1.165) is 32.5 Å². The average molecular weight is 214 g/mol. The molecule has 4 heteroatoms. The first-order valence-corrected chi connectivity index (χ1v) is 5.52. The zero-order valence-electron chi connectivity index (χ0n) is 9.79. The second-order valence-electron chi connectivity index (χ2n) is 3.16. The van der Waals surface area contributed by atoms with Gasteiger partial charge in [0.2, 0.25) is 0 Å². The van der Waals surface area contributed by atoms with Gasteiger partial charge in [-0.25, -0.2) is 9.80 Å².